The van der Waals surface area contributed by atoms with Crippen molar-refractivity contribution in [1.82, 2.24) is 19.9 Å². The number of allylic oxidation sites excluding steroid dienone is 1. The van der Waals surface area contributed by atoms with Gasteiger partial charge in [0.2, 0.25) is 5.91 Å². The first-order valence-electron chi connectivity index (χ1n) is 7.53. The molecule has 3 aromatic rings. The minimum Gasteiger partial charge on any atom is -0.469 e. The maximum atomic E-state index is 12.0. The van der Waals surface area contributed by atoms with Gasteiger partial charge in [0.1, 0.15) is 11.5 Å². The van der Waals surface area contributed by atoms with Gasteiger partial charge in [0.25, 0.3) is 0 Å². The quantitative estimate of drug-likeness (QED) is 0.511. The molecule has 0 unspecified atom stereocenters. The highest BCUT2D eigenvalue weighted by molar-refractivity contribution is 7.99. The van der Waals surface area contributed by atoms with Crippen molar-refractivity contribution >= 4 is 23.5 Å². The van der Waals surface area contributed by atoms with Crippen LogP contribution in [0.3, 0.4) is 0 Å². The molecule has 130 valence electrons. The molecule has 0 saturated carbocycles. The first kappa shape index (κ1) is 17.0. The van der Waals surface area contributed by atoms with Gasteiger partial charge in [-0.2, -0.15) is 0 Å². The topological polar surface area (TPSA) is 99.0 Å². The molecule has 1 amide bonds. The summed E-state index contributed by atoms with van der Waals surface area (Å²) >= 11 is 1.29. The van der Waals surface area contributed by atoms with Gasteiger partial charge in [-0.3, -0.25) is 9.36 Å². The average molecular weight is 359 g/mol. The van der Waals surface area contributed by atoms with Gasteiger partial charge in [-0.1, -0.05) is 23.0 Å². The van der Waals surface area contributed by atoms with E-state index in [9.17, 15) is 4.79 Å². The zero-order chi connectivity index (χ0) is 17.8. The Kier molecular flexibility index (Phi) is 5.03. The molecule has 0 radical (unpaired) electrons. The van der Waals surface area contributed by atoms with Crippen LogP contribution >= 0.6 is 11.8 Å². The third kappa shape index (κ3) is 3.82. The lowest BCUT2D eigenvalue weighted by atomic mass is 10.2. The van der Waals surface area contributed by atoms with Crippen molar-refractivity contribution in [3.63, 3.8) is 0 Å². The molecule has 3 rings (SSSR count). The minimum atomic E-state index is -0.201. The summed E-state index contributed by atoms with van der Waals surface area (Å²) in [5, 5.41) is 15.4. The number of carbonyl (C=O) groups is 1. The maximum absolute atomic E-state index is 12.0. The van der Waals surface area contributed by atoms with Crippen LogP contribution in [0.1, 0.15) is 11.5 Å². The standard InChI is InChI=1S/C16H17N5O3S/c1-4-6-21-15(12-5-7-23-11(12)3)18-19-16(21)25-9-14(22)17-13-8-10(2)24-20-13/h4-5,7-8H,1,6,9H2,2-3H3,(H,17,20,22). The molecular weight excluding hydrogens is 342 g/mol. The van der Waals surface area contributed by atoms with Crippen LogP contribution in [-0.4, -0.2) is 31.6 Å². The van der Waals surface area contributed by atoms with E-state index in [0.29, 0.717) is 29.1 Å². The van der Waals surface area contributed by atoms with Crippen LogP contribution in [0.25, 0.3) is 11.4 Å². The fraction of sp³-hybridized carbons (Fsp3) is 0.250. The maximum Gasteiger partial charge on any atom is 0.236 e. The van der Waals surface area contributed by atoms with Gasteiger partial charge in [0.15, 0.2) is 16.8 Å². The summed E-state index contributed by atoms with van der Waals surface area (Å²) in [4.78, 5) is 12.0. The van der Waals surface area contributed by atoms with E-state index >= 15 is 0 Å². The van der Waals surface area contributed by atoms with Crippen molar-refractivity contribution in [3.05, 3.63) is 42.6 Å². The van der Waals surface area contributed by atoms with Gasteiger partial charge in [0.05, 0.1) is 17.6 Å². The zero-order valence-electron chi connectivity index (χ0n) is 13.9. The average Bonchev–Trinajstić information content (AvgIpc) is 3.27. The summed E-state index contributed by atoms with van der Waals surface area (Å²) in [6.07, 6.45) is 3.36. The molecule has 0 aliphatic heterocycles. The molecule has 0 saturated heterocycles. The molecule has 9 heteroatoms. The Labute approximate surface area is 148 Å². The van der Waals surface area contributed by atoms with Gasteiger partial charge < -0.3 is 14.3 Å². The Morgan fingerprint density at radius 3 is 2.92 bits per heavy atom. The summed E-state index contributed by atoms with van der Waals surface area (Å²) in [5.41, 5.74) is 0.865. The molecule has 3 aromatic heterocycles. The minimum absolute atomic E-state index is 0.172. The Morgan fingerprint density at radius 1 is 1.44 bits per heavy atom. The van der Waals surface area contributed by atoms with Crippen LogP contribution in [0.4, 0.5) is 5.82 Å². The predicted octanol–water partition coefficient (Wildman–Crippen LogP) is 3.06. The summed E-state index contributed by atoms with van der Waals surface area (Å²) < 4.78 is 12.1. The number of thioether (sulfide) groups is 1. The second-order valence-corrected chi connectivity index (χ2v) is 6.20. The van der Waals surface area contributed by atoms with Gasteiger partial charge >= 0.3 is 0 Å². The molecule has 1 N–H and O–H groups in total. The Bertz CT molecular complexity index is 895. The third-order valence-corrected chi connectivity index (χ3v) is 4.32. The van der Waals surface area contributed by atoms with Crippen LogP contribution in [0, 0.1) is 13.8 Å². The van der Waals surface area contributed by atoms with Crippen LogP contribution in [0.2, 0.25) is 0 Å². The second kappa shape index (κ2) is 7.39. The molecule has 0 aliphatic rings. The van der Waals surface area contributed by atoms with E-state index in [4.69, 9.17) is 8.94 Å². The normalized spacial score (nSPS) is 10.8. The highest BCUT2D eigenvalue weighted by Gasteiger charge is 2.17. The number of nitrogens with zero attached hydrogens (tertiary/aromatic N) is 4. The van der Waals surface area contributed by atoms with E-state index < -0.39 is 0 Å². The third-order valence-electron chi connectivity index (χ3n) is 3.36. The zero-order valence-corrected chi connectivity index (χ0v) is 14.7. The van der Waals surface area contributed by atoms with E-state index in [1.807, 2.05) is 17.6 Å². The molecule has 0 fully saturated rings. The van der Waals surface area contributed by atoms with Crippen LogP contribution in [0.15, 0.2) is 45.1 Å². The molecule has 25 heavy (non-hydrogen) atoms. The summed E-state index contributed by atoms with van der Waals surface area (Å²) in [6, 6.07) is 3.50. The fourth-order valence-corrected chi connectivity index (χ4v) is 2.99. The number of carbonyl (C=O) groups excluding carboxylic acids is 1. The number of hydrogen-bond acceptors (Lipinski definition) is 7. The number of hydrogen-bond donors (Lipinski definition) is 1. The molecular formula is C16H17N5O3S. The number of nitrogens with one attached hydrogen (secondary N) is 1. The fourth-order valence-electron chi connectivity index (χ4n) is 2.24. The SMILES string of the molecule is C=CCn1c(SCC(=O)Nc2cc(C)on2)nnc1-c1ccoc1C. The molecule has 0 aromatic carbocycles. The molecule has 3 heterocycles. The van der Waals surface area contributed by atoms with E-state index in [-0.39, 0.29) is 11.7 Å². The first-order chi connectivity index (χ1) is 12.1. The Morgan fingerprint density at radius 2 is 2.28 bits per heavy atom. The molecule has 0 bridgehead atoms. The highest BCUT2D eigenvalue weighted by Crippen LogP contribution is 2.27. The molecule has 0 aliphatic carbocycles. The van der Waals surface area contributed by atoms with Crippen molar-refractivity contribution in [3.8, 4) is 11.4 Å². The number of amides is 1. The number of aromatic nitrogens is 4. The molecule has 0 spiro atoms. The second-order valence-electron chi connectivity index (χ2n) is 5.26. The molecule has 0 atom stereocenters. The monoisotopic (exact) mass is 359 g/mol. The van der Waals surface area contributed by atoms with Crippen LogP contribution in [-0.2, 0) is 11.3 Å². The van der Waals surface area contributed by atoms with Crippen molar-refractivity contribution in [2.75, 3.05) is 11.1 Å². The first-order valence-corrected chi connectivity index (χ1v) is 8.51. The number of anilines is 1. The van der Waals surface area contributed by atoms with Gasteiger partial charge in [-0.05, 0) is 19.9 Å². The van der Waals surface area contributed by atoms with Crippen LogP contribution < -0.4 is 5.32 Å². The van der Waals surface area contributed by atoms with E-state index in [1.54, 1.807) is 25.3 Å². The lowest BCUT2D eigenvalue weighted by Crippen LogP contribution is -2.14. The van der Waals surface area contributed by atoms with Crippen molar-refractivity contribution < 1.29 is 13.7 Å². The Balaban J connectivity index is 1.72. The smallest absolute Gasteiger partial charge is 0.236 e. The largest absolute Gasteiger partial charge is 0.469 e. The number of furan rings is 1. The van der Waals surface area contributed by atoms with Gasteiger partial charge in [0, 0.05) is 12.6 Å². The Hall–Kier alpha value is -2.81. The van der Waals surface area contributed by atoms with E-state index in [0.717, 1.165) is 11.3 Å². The van der Waals surface area contributed by atoms with Crippen molar-refractivity contribution in [2.45, 2.75) is 25.5 Å². The molecule has 8 nitrogen and oxygen atoms in total. The van der Waals surface area contributed by atoms with Crippen molar-refractivity contribution in [1.29, 1.82) is 0 Å². The summed E-state index contributed by atoms with van der Waals surface area (Å²) in [5.74, 6) is 2.44. The van der Waals surface area contributed by atoms with Gasteiger partial charge in [-0.15, -0.1) is 16.8 Å². The lowest BCUT2D eigenvalue weighted by Gasteiger charge is -2.07. The van der Waals surface area contributed by atoms with Gasteiger partial charge in [-0.25, -0.2) is 0 Å². The summed E-state index contributed by atoms with van der Waals surface area (Å²) in [6.45, 7) is 7.92. The number of rotatable bonds is 7. The van der Waals surface area contributed by atoms with Crippen molar-refractivity contribution in [2.24, 2.45) is 0 Å². The predicted molar refractivity (Wildman–Crippen MR) is 93.3 cm³/mol. The van der Waals surface area contributed by atoms with E-state index in [2.05, 4.69) is 27.2 Å². The number of aryl methyl sites for hydroxylation is 2. The summed E-state index contributed by atoms with van der Waals surface area (Å²) in [7, 11) is 0. The highest BCUT2D eigenvalue weighted by atomic mass is 32.2. The van der Waals surface area contributed by atoms with E-state index in [1.165, 1.54) is 11.8 Å². The van der Waals surface area contributed by atoms with Crippen LogP contribution in [0.5, 0.6) is 0 Å². The lowest BCUT2D eigenvalue weighted by molar-refractivity contribution is -0.113.